The first-order valence-electron chi connectivity index (χ1n) is 8.18. The Morgan fingerprint density at radius 1 is 1.19 bits per heavy atom. The van der Waals surface area contributed by atoms with E-state index in [0.29, 0.717) is 5.92 Å². The fourth-order valence-corrected chi connectivity index (χ4v) is 2.66. The van der Waals surface area contributed by atoms with Crippen molar-refractivity contribution in [3.63, 3.8) is 0 Å². The molecule has 0 unspecified atom stereocenters. The molecule has 1 N–H and O–H groups in total. The molecule has 0 aliphatic heterocycles. The lowest BCUT2D eigenvalue weighted by atomic mass is 9.90. The Labute approximate surface area is 131 Å². The normalized spacial score (nSPS) is 35.8. The highest BCUT2D eigenvalue weighted by Crippen LogP contribution is 2.24. The van der Waals surface area contributed by atoms with Gasteiger partial charge in [-0.25, -0.2) is 0 Å². The Balaban J connectivity index is 2.89. The van der Waals surface area contributed by atoms with Gasteiger partial charge in [-0.15, -0.1) is 0 Å². The number of hydrogen-bond donors (Lipinski definition) is 1. The molecule has 0 bridgehead atoms. The molecule has 1 rings (SSSR count). The zero-order valence-corrected chi connectivity index (χ0v) is 14.3. The van der Waals surface area contributed by atoms with Gasteiger partial charge in [0.05, 0.1) is 5.60 Å². The van der Waals surface area contributed by atoms with Gasteiger partial charge < -0.3 is 5.11 Å². The summed E-state index contributed by atoms with van der Waals surface area (Å²) in [5.41, 5.74) is 3.35. The minimum atomic E-state index is -0.723. The molecule has 1 aliphatic rings. The highest BCUT2D eigenvalue weighted by atomic mass is 16.3. The van der Waals surface area contributed by atoms with Crippen molar-refractivity contribution in [2.24, 2.45) is 5.92 Å². The zero-order chi connectivity index (χ0) is 15.9. The number of allylic oxidation sites excluding steroid dienone is 6. The average Bonchev–Trinajstić information content (AvgIpc) is 2.37. The van der Waals surface area contributed by atoms with Crippen molar-refractivity contribution in [1.29, 1.82) is 0 Å². The van der Waals surface area contributed by atoms with E-state index in [0.717, 1.165) is 38.5 Å². The number of hydrogen-bond acceptors (Lipinski definition) is 1. The van der Waals surface area contributed by atoms with Crippen LogP contribution in [-0.2, 0) is 0 Å². The maximum atomic E-state index is 10.5. The van der Waals surface area contributed by atoms with Crippen molar-refractivity contribution in [1.82, 2.24) is 0 Å². The second kappa shape index (κ2) is 8.38. The molecule has 0 saturated heterocycles. The molecule has 0 aromatic heterocycles. The molecule has 118 valence electrons. The largest absolute Gasteiger partial charge is 0.386 e. The Kier molecular flexibility index (Phi) is 7.17. The van der Waals surface area contributed by atoms with Gasteiger partial charge in [0.1, 0.15) is 0 Å². The molecule has 0 amide bonds. The van der Waals surface area contributed by atoms with Crippen molar-refractivity contribution in [3.8, 4) is 0 Å². The third-order valence-corrected chi connectivity index (χ3v) is 4.34. The lowest BCUT2D eigenvalue weighted by molar-refractivity contribution is 0.102. The smallest absolute Gasteiger partial charge is 0.0802 e. The fourth-order valence-electron chi connectivity index (χ4n) is 2.66. The zero-order valence-electron chi connectivity index (χ0n) is 14.3. The summed E-state index contributed by atoms with van der Waals surface area (Å²) in [6.45, 7) is 12.5. The molecule has 2 atom stereocenters. The molecule has 0 heterocycles. The number of aliphatic hydroxyl groups is 1. The van der Waals surface area contributed by atoms with Crippen LogP contribution >= 0.6 is 0 Å². The summed E-state index contributed by atoms with van der Waals surface area (Å²) >= 11 is 0. The van der Waals surface area contributed by atoms with Gasteiger partial charge in [-0.05, 0) is 72.1 Å². The van der Waals surface area contributed by atoms with Crippen LogP contribution in [-0.4, -0.2) is 10.7 Å². The van der Waals surface area contributed by atoms with Crippen LogP contribution in [0.1, 0.15) is 66.2 Å². The molecule has 0 radical (unpaired) electrons. The summed E-state index contributed by atoms with van der Waals surface area (Å²) in [7, 11) is 0. The van der Waals surface area contributed by atoms with E-state index < -0.39 is 5.60 Å². The van der Waals surface area contributed by atoms with Crippen LogP contribution in [0, 0.1) is 5.92 Å². The average molecular weight is 288 g/mol. The molecule has 1 heteroatoms. The summed E-state index contributed by atoms with van der Waals surface area (Å²) < 4.78 is 0. The van der Waals surface area contributed by atoms with Gasteiger partial charge in [0.2, 0.25) is 0 Å². The van der Waals surface area contributed by atoms with Crippen molar-refractivity contribution < 1.29 is 5.11 Å². The molecule has 0 fully saturated rings. The molecule has 1 nitrogen and oxygen atoms in total. The molecular formula is C20H32O. The quantitative estimate of drug-likeness (QED) is 0.611. The van der Waals surface area contributed by atoms with E-state index in [1.807, 2.05) is 13.0 Å². The Bertz CT molecular complexity index is 435. The Morgan fingerprint density at radius 2 is 1.81 bits per heavy atom. The highest BCUT2D eigenvalue weighted by molar-refractivity contribution is 5.13. The third kappa shape index (κ3) is 7.47. The first-order chi connectivity index (χ1) is 9.80. The van der Waals surface area contributed by atoms with Crippen LogP contribution in [0.4, 0.5) is 0 Å². The van der Waals surface area contributed by atoms with Gasteiger partial charge in [-0.1, -0.05) is 47.6 Å². The van der Waals surface area contributed by atoms with Crippen molar-refractivity contribution in [2.75, 3.05) is 0 Å². The van der Waals surface area contributed by atoms with Gasteiger partial charge in [0.25, 0.3) is 0 Å². The van der Waals surface area contributed by atoms with Crippen molar-refractivity contribution in [2.45, 2.75) is 71.8 Å². The first-order valence-corrected chi connectivity index (χ1v) is 8.18. The van der Waals surface area contributed by atoms with Gasteiger partial charge in [-0.2, -0.15) is 0 Å². The SMILES string of the molecule is C=C(C)[C@H]1/C=C/[C@@](C)(O)CC/C=C(\C)CC/C=C(\C)CC1. The molecule has 0 aromatic rings. The van der Waals surface area contributed by atoms with Gasteiger partial charge >= 0.3 is 0 Å². The van der Waals surface area contributed by atoms with Crippen LogP contribution < -0.4 is 0 Å². The van der Waals surface area contributed by atoms with Crippen LogP contribution in [0.15, 0.2) is 47.6 Å². The fraction of sp³-hybridized carbons (Fsp3) is 0.600. The minimum Gasteiger partial charge on any atom is -0.386 e. The maximum Gasteiger partial charge on any atom is 0.0802 e. The third-order valence-electron chi connectivity index (χ3n) is 4.34. The van der Waals surface area contributed by atoms with Crippen LogP contribution in [0.5, 0.6) is 0 Å². The summed E-state index contributed by atoms with van der Waals surface area (Å²) in [4.78, 5) is 0. The molecule has 0 spiro atoms. The molecule has 0 aromatic carbocycles. The molecule has 0 saturated carbocycles. The standard InChI is InChI=1S/C20H32O/c1-16(2)19-12-11-18(4)9-6-8-17(3)10-7-14-20(5,21)15-13-19/h9-10,13,15,19,21H,1,6-8,11-12,14H2,2-5H3/b15-13+,17-10+,18-9+/t19-,20+/m1/s1. The predicted molar refractivity (Wildman–Crippen MR) is 93.3 cm³/mol. The van der Waals surface area contributed by atoms with Crippen molar-refractivity contribution >= 4 is 0 Å². The highest BCUT2D eigenvalue weighted by Gasteiger charge is 2.16. The lowest BCUT2D eigenvalue weighted by Gasteiger charge is -2.21. The second-order valence-corrected chi connectivity index (χ2v) is 6.89. The summed E-state index contributed by atoms with van der Waals surface area (Å²) in [5, 5.41) is 10.5. The van der Waals surface area contributed by atoms with Gasteiger partial charge in [0, 0.05) is 0 Å². The van der Waals surface area contributed by atoms with Crippen LogP contribution in [0.2, 0.25) is 0 Å². The van der Waals surface area contributed by atoms with Gasteiger partial charge in [-0.3, -0.25) is 0 Å². The summed E-state index contributed by atoms with van der Waals surface area (Å²) in [5.74, 6) is 0.361. The van der Waals surface area contributed by atoms with E-state index in [1.54, 1.807) is 0 Å². The van der Waals surface area contributed by atoms with Crippen LogP contribution in [0.25, 0.3) is 0 Å². The van der Waals surface area contributed by atoms with E-state index in [1.165, 1.54) is 16.7 Å². The summed E-state index contributed by atoms with van der Waals surface area (Å²) in [6.07, 6.45) is 14.9. The van der Waals surface area contributed by atoms with Gasteiger partial charge in [0.15, 0.2) is 0 Å². The predicted octanol–water partition coefficient (Wildman–Crippen LogP) is 5.73. The second-order valence-electron chi connectivity index (χ2n) is 6.89. The van der Waals surface area contributed by atoms with E-state index in [-0.39, 0.29) is 0 Å². The Hall–Kier alpha value is -1.08. The van der Waals surface area contributed by atoms with E-state index >= 15 is 0 Å². The number of rotatable bonds is 1. The summed E-state index contributed by atoms with van der Waals surface area (Å²) in [6, 6.07) is 0. The first kappa shape index (κ1) is 18.0. The Morgan fingerprint density at radius 3 is 2.48 bits per heavy atom. The van der Waals surface area contributed by atoms with Crippen LogP contribution in [0.3, 0.4) is 0 Å². The topological polar surface area (TPSA) is 20.2 Å². The maximum absolute atomic E-state index is 10.5. The van der Waals surface area contributed by atoms with E-state index in [9.17, 15) is 5.11 Å². The molecule has 21 heavy (non-hydrogen) atoms. The lowest BCUT2D eigenvalue weighted by Crippen LogP contribution is -2.20. The molecule has 1 aliphatic carbocycles. The molecular weight excluding hydrogens is 256 g/mol. The minimum absolute atomic E-state index is 0.361. The van der Waals surface area contributed by atoms with Crippen molar-refractivity contribution in [3.05, 3.63) is 47.6 Å². The monoisotopic (exact) mass is 288 g/mol. The van der Waals surface area contributed by atoms with E-state index in [4.69, 9.17) is 0 Å². The van der Waals surface area contributed by atoms with E-state index in [2.05, 4.69) is 45.6 Å².